The Bertz CT molecular complexity index is 1390. The van der Waals surface area contributed by atoms with Gasteiger partial charge in [0.1, 0.15) is 5.69 Å². The molecule has 12 heteroatoms. The van der Waals surface area contributed by atoms with Gasteiger partial charge in [-0.15, -0.1) is 0 Å². The van der Waals surface area contributed by atoms with E-state index in [2.05, 4.69) is 15.7 Å². The lowest BCUT2D eigenvalue weighted by atomic mass is 10.0. The molecule has 212 valence electrons. The molecule has 3 amide bonds. The molecule has 11 nitrogen and oxygen atoms in total. The van der Waals surface area contributed by atoms with E-state index in [0.29, 0.717) is 37.1 Å². The van der Waals surface area contributed by atoms with Crippen LogP contribution in [0, 0.1) is 6.92 Å². The summed E-state index contributed by atoms with van der Waals surface area (Å²) in [5.41, 5.74) is 8.77. The van der Waals surface area contributed by atoms with Crippen molar-refractivity contribution in [3.8, 4) is 0 Å². The largest absolute Gasteiger partial charge is 0.353 e. The van der Waals surface area contributed by atoms with E-state index in [1.165, 1.54) is 11.6 Å². The second kappa shape index (κ2) is 10.4. The van der Waals surface area contributed by atoms with E-state index < -0.39 is 31.3 Å². The van der Waals surface area contributed by atoms with Crippen molar-refractivity contribution in [3.63, 3.8) is 0 Å². The molecular weight excluding hydrogens is 520 g/mol. The summed E-state index contributed by atoms with van der Waals surface area (Å²) in [7, 11) is -2.12. The minimum atomic E-state index is -3.74. The number of nitrogens with one attached hydrogen (secondary N) is 2. The zero-order chi connectivity index (χ0) is 28.8. The van der Waals surface area contributed by atoms with Crippen molar-refractivity contribution in [3.05, 3.63) is 52.3 Å². The van der Waals surface area contributed by atoms with Gasteiger partial charge < -0.3 is 21.3 Å². The Morgan fingerprint density at radius 1 is 1.18 bits per heavy atom. The van der Waals surface area contributed by atoms with Gasteiger partial charge in [-0.3, -0.25) is 19.1 Å². The molecule has 1 aliphatic carbocycles. The molecule has 1 aromatic carbocycles. The van der Waals surface area contributed by atoms with E-state index >= 15 is 0 Å². The zero-order valence-corrected chi connectivity index (χ0v) is 24.0. The molecule has 0 unspecified atom stereocenters. The molecule has 1 fully saturated rings. The number of hydrogen-bond donors (Lipinski definition) is 3. The summed E-state index contributed by atoms with van der Waals surface area (Å²) in [6, 6.07) is 7.10. The molecule has 2 aromatic rings. The van der Waals surface area contributed by atoms with Crippen LogP contribution in [0.3, 0.4) is 0 Å². The molecule has 4 N–H and O–H groups in total. The Kier molecular flexibility index (Phi) is 7.65. The highest BCUT2D eigenvalue weighted by atomic mass is 32.2. The number of carbonyl (C=O) groups excluding carboxylic acids is 3. The quantitative estimate of drug-likeness (QED) is 0.390. The van der Waals surface area contributed by atoms with Crippen LogP contribution in [-0.2, 0) is 34.6 Å². The minimum Gasteiger partial charge on any atom is -0.353 e. The molecule has 2 heterocycles. The summed E-state index contributed by atoms with van der Waals surface area (Å²) in [5.74, 6) is -1.12. The Morgan fingerprint density at radius 3 is 2.41 bits per heavy atom. The second-order valence-corrected chi connectivity index (χ2v) is 14.4. The highest BCUT2D eigenvalue weighted by Crippen LogP contribution is 2.49. The molecule has 0 radical (unpaired) electrons. The molecule has 1 atom stereocenters. The van der Waals surface area contributed by atoms with Gasteiger partial charge in [0.05, 0.1) is 15.5 Å². The van der Waals surface area contributed by atoms with Gasteiger partial charge in [0.2, 0.25) is 5.91 Å². The number of benzene rings is 1. The first-order chi connectivity index (χ1) is 18.2. The fraction of sp³-hybridized carbons (Fsp3) is 0.556. The van der Waals surface area contributed by atoms with Crippen molar-refractivity contribution in [2.75, 3.05) is 19.6 Å². The predicted molar refractivity (Wildman–Crippen MR) is 147 cm³/mol. The maximum atomic E-state index is 13.7. The first-order valence-corrected chi connectivity index (χ1v) is 14.6. The monoisotopic (exact) mass is 558 g/mol. The van der Waals surface area contributed by atoms with Crippen molar-refractivity contribution in [1.82, 2.24) is 25.3 Å². The Hall–Kier alpha value is -3.25. The van der Waals surface area contributed by atoms with Crippen LogP contribution in [0.15, 0.2) is 24.3 Å². The van der Waals surface area contributed by atoms with Crippen molar-refractivity contribution in [2.24, 2.45) is 12.8 Å². The van der Waals surface area contributed by atoms with Gasteiger partial charge in [0, 0.05) is 38.8 Å². The maximum Gasteiger partial charge on any atom is 0.272 e. The fourth-order valence-corrected chi connectivity index (χ4v) is 7.42. The van der Waals surface area contributed by atoms with E-state index in [0.717, 1.165) is 11.1 Å². The Morgan fingerprint density at radius 2 is 1.82 bits per heavy atom. The van der Waals surface area contributed by atoms with Crippen LogP contribution in [-0.4, -0.2) is 76.0 Å². The highest BCUT2D eigenvalue weighted by Gasteiger charge is 2.61. The van der Waals surface area contributed by atoms with E-state index in [4.69, 9.17) is 5.73 Å². The summed E-state index contributed by atoms with van der Waals surface area (Å²) in [6.45, 7) is 7.31. The van der Waals surface area contributed by atoms with Gasteiger partial charge in [-0.05, 0) is 52.5 Å². The smallest absolute Gasteiger partial charge is 0.272 e. The number of aryl methyl sites for hydroxylation is 2. The number of hydrogen-bond acceptors (Lipinski definition) is 7. The lowest BCUT2D eigenvalue weighted by Crippen LogP contribution is -2.54. The van der Waals surface area contributed by atoms with Gasteiger partial charge in [0.15, 0.2) is 15.5 Å². The maximum absolute atomic E-state index is 13.7. The van der Waals surface area contributed by atoms with Crippen LogP contribution in [0.1, 0.15) is 71.3 Å². The van der Waals surface area contributed by atoms with Crippen molar-refractivity contribution in [1.29, 1.82) is 0 Å². The normalized spacial score (nSPS) is 17.4. The number of nitrogens with two attached hydrogens (primary N) is 1. The molecule has 2 aliphatic rings. The van der Waals surface area contributed by atoms with E-state index in [9.17, 15) is 22.8 Å². The van der Waals surface area contributed by atoms with Gasteiger partial charge >= 0.3 is 0 Å². The molecule has 1 aromatic heterocycles. The first-order valence-electron chi connectivity index (χ1n) is 13.2. The Labute approximate surface area is 229 Å². The number of carbonyl (C=O) groups is 3. The summed E-state index contributed by atoms with van der Waals surface area (Å²) in [6.07, 6.45) is 1.27. The van der Waals surface area contributed by atoms with Crippen molar-refractivity contribution in [2.45, 2.75) is 69.0 Å². The molecule has 0 saturated heterocycles. The average Bonchev–Trinajstić information content (AvgIpc) is 3.59. The number of rotatable bonds is 10. The predicted octanol–water partition coefficient (Wildman–Crippen LogP) is 0.846. The van der Waals surface area contributed by atoms with Crippen LogP contribution < -0.4 is 16.4 Å². The van der Waals surface area contributed by atoms with Crippen LogP contribution in [0.5, 0.6) is 0 Å². The molecule has 1 saturated carbocycles. The van der Waals surface area contributed by atoms with Crippen molar-refractivity contribution < 1.29 is 22.8 Å². The molecule has 4 rings (SSSR count). The number of aromatic nitrogens is 2. The third kappa shape index (κ3) is 5.44. The van der Waals surface area contributed by atoms with E-state index in [-0.39, 0.29) is 37.1 Å². The average molecular weight is 559 g/mol. The van der Waals surface area contributed by atoms with E-state index in [1.807, 2.05) is 31.2 Å². The van der Waals surface area contributed by atoms with Crippen molar-refractivity contribution >= 4 is 27.6 Å². The molecule has 0 bridgehead atoms. The SMILES string of the molecule is Cc1ccc(CNC(=O)c2nn(C)c3c2CCN(CC2(S(=O)(=O)C(C)(C)CNC(=O)[C@@H](C)N)CC2)C3=O)cc1. The molecule has 1 aliphatic heterocycles. The fourth-order valence-electron chi connectivity index (χ4n) is 5.02. The van der Waals surface area contributed by atoms with Gasteiger partial charge in [0.25, 0.3) is 11.8 Å². The molecular formula is C27H38N6O5S. The highest BCUT2D eigenvalue weighted by molar-refractivity contribution is 7.94. The number of amides is 3. The van der Waals surface area contributed by atoms with Crippen LogP contribution in [0.2, 0.25) is 0 Å². The lowest BCUT2D eigenvalue weighted by Gasteiger charge is -2.35. The first kappa shape index (κ1) is 28.8. The Balaban J connectivity index is 1.47. The number of fused-ring (bicyclic) bond motifs is 1. The van der Waals surface area contributed by atoms with Crippen LogP contribution in [0.25, 0.3) is 0 Å². The third-order valence-corrected chi connectivity index (χ3v) is 11.0. The molecule has 0 spiro atoms. The summed E-state index contributed by atoms with van der Waals surface area (Å²) in [4.78, 5) is 40.0. The van der Waals surface area contributed by atoms with Crippen LogP contribution in [0.4, 0.5) is 0 Å². The summed E-state index contributed by atoms with van der Waals surface area (Å²) < 4.78 is 26.5. The van der Waals surface area contributed by atoms with E-state index in [1.54, 1.807) is 25.8 Å². The standard InChI is InChI=1S/C27H38N6O5S/c1-17-6-8-19(9-7-17)14-29-24(35)21-20-10-13-33(25(36)22(20)32(5)31-21)16-27(11-12-27)39(37,38)26(3,4)15-30-23(34)18(2)28/h6-9,18H,10-16,28H2,1-5H3,(H,29,35)(H,30,34)/t18-/m1/s1. The second-order valence-electron chi connectivity index (χ2n) is 11.4. The number of nitrogens with zero attached hydrogens (tertiary/aromatic N) is 3. The summed E-state index contributed by atoms with van der Waals surface area (Å²) >= 11 is 0. The minimum absolute atomic E-state index is 0.0540. The van der Waals surface area contributed by atoms with Gasteiger partial charge in [-0.2, -0.15) is 5.10 Å². The number of sulfone groups is 1. The molecule has 39 heavy (non-hydrogen) atoms. The van der Waals surface area contributed by atoms with Crippen LogP contribution >= 0.6 is 0 Å². The lowest BCUT2D eigenvalue weighted by molar-refractivity contribution is -0.122. The van der Waals surface area contributed by atoms with Gasteiger partial charge in [-0.1, -0.05) is 29.8 Å². The summed E-state index contributed by atoms with van der Waals surface area (Å²) in [5, 5.41) is 9.85. The zero-order valence-electron chi connectivity index (χ0n) is 23.2. The topological polar surface area (TPSA) is 156 Å². The van der Waals surface area contributed by atoms with Gasteiger partial charge in [-0.25, -0.2) is 8.42 Å². The third-order valence-electron chi connectivity index (χ3n) is 7.74.